The van der Waals surface area contributed by atoms with Gasteiger partial charge in [-0.25, -0.2) is 8.42 Å². The Morgan fingerprint density at radius 3 is 2.12 bits per heavy atom. The van der Waals surface area contributed by atoms with E-state index < -0.39 is 15.9 Å². The highest BCUT2D eigenvalue weighted by atomic mass is 32.2. The van der Waals surface area contributed by atoms with Crippen molar-refractivity contribution in [2.24, 2.45) is 11.7 Å². The number of nitrogens with two attached hydrogens (primary N) is 1. The molecule has 0 heterocycles. The van der Waals surface area contributed by atoms with Crippen molar-refractivity contribution in [2.45, 2.75) is 32.1 Å². The zero-order valence-corrected chi connectivity index (χ0v) is 11.4. The van der Waals surface area contributed by atoms with Crippen molar-refractivity contribution < 1.29 is 8.42 Å². The van der Waals surface area contributed by atoms with Gasteiger partial charge in [0.1, 0.15) is 0 Å². The third kappa shape index (κ3) is 3.82. The van der Waals surface area contributed by atoms with Crippen LogP contribution in [0.4, 0.5) is 0 Å². The maximum atomic E-state index is 12.1. The maximum Gasteiger partial charge on any atom is 0.155 e. The molecule has 0 fully saturated rings. The minimum Gasteiger partial charge on any atom is -0.323 e. The minimum atomic E-state index is -3.13. The summed E-state index contributed by atoms with van der Waals surface area (Å²) in [4.78, 5) is 0. The van der Waals surface area contributed by atoms with E-state index in [1.54, 1.807) is 6.92 Å². The Hall–Kier alpha value is -0.870. The Kier molecular flexibility index (Phi) is 4.71. The number of sulfone groups is 1. The van der Waals surface area contributed by atoms with Gasteiger partial charge in [0.05, 0.1) is 11.0 Å². The molecular weight excluding hydrogens is 234 g/mol. The van der Waals surface area contributed by atoms with E-state index in [-0.39, 0.29) is 16.9 Å². The summed E-state index contributed by atoms with van der Waals surface area (Å²) in [6.45, 7) is 5.57. The van der Waals surface area contributed by atoms with Gasteiger partial charge in [-0.1, -0.05) is 44.2 Å². The molecule has 1 aromatic carbocycles. The molecule has 0 aliphatic carbocycles. The van der Waals surface area contributed by atoms with E-state index >= 15 is 0 Å². The lowest BCUT2D eigenvalue weighted by atomic mass is 10.1. The molecule has 1 aromatic rings. The topological polar surface area (TPSA) is 60.2 Å². The fraction of sp³-hybridized carbons (Fsp3) is 0.538. The van der Waals surface area contributed by atoms with Crippen molar-refractivity contribution in [1.82, 2.24) is 0 Å². The molecule has 2 unspecified atom stereocenters. The van der Waals surface area contributed by atoms with E-state index in [2.05, 4.69) is 0 Å². The van der Waals surface area contributed by atoms with Crippen LogP contribution in [-0.4, -0.2) is 19.4 Å². The van der Waals surface area contributed by atoms with Crippen molar-refractivity contribution in [3.05, 3.63) is 35.9 Å². The second kappa shape index (κ2) is 5.65. The van der Waals surface area contributed by atoms with Crippen LogP contribution in [0.5, 0.6) is 0 Å². The van der Waals surface area contributed by atoms with Crippen LogP contribution in [0.25, 0.3) is 0 Å². The summed E-state index contributed by atoms with van der Waals surface area (Å²) >= 11 is 0. The highest BCUT2D eigenvalue weighted by Gasteiger charge is 2.26. The Labute approximate surface area is 104 Å². The van der Waals surface area contributed by atoms with Crippen LogP contribution in [-0.2, 0) is 9.84 Å². The van der Waals surface area contributed by atoms with Crippen LogP contribution in [0.1, 0.15) is 32.4 Å². The summed E-state index contributed by atoms with van der Waals surface area (Å²) < 4.78 is 24.2. The maximum absolute atomic E-state index is 12.1. The van der Waals surface area contributed by atoms with E-state index in [0.29, 0.717) is 0 Å². The molecule has 0 aliphatic rings. The smallest absolute Gasteiger partial charge is 0.155 e. The molecule has 0 amide bonds. The van der Waals surface area contributed by atoms with Gasteiger partial charge >= 0.3 is 0 Å². The molecule has 96 valence electrons. The standard InChI is InChI=1S/C13H21NO2S/c1-10(2)11(3)17(15,16)9-13(14)12-7-5-4-6-8-12/h4-8,10-11,13H,9,14H2,1-3H3. The van der Waals surface area contributed by atoms with Crippen LogP contribution < -0.4 is 5.73 Å². The van der Waals surface area contributed by atoms with E-state index in [4.69, 9.17) is 5.73 Å². The summed E-state index contributed by atoms with van der Waals surface area (Å²) in [6.07, 6.45) is 0. The second-order valence-electron chi connectivity index (χ2n) is 4.80. The van der Waals surface area contributed by atoms with Crippen molar-refractivity contribution in [2.75, 3.05) is 5.75 Å². The van der Waals surface area contributed by atoms with Crippen LogP contribution in [0, 0.1) is 5.92 Å². The molecule has 4 heteroatoms. The quantitative estimate of drug-likeness (QED) is 0.877. The summed E-state index contributed by atoms with van der Waals surface area (Å²) in [6, 6.07) is 8.91. The number of rotatable bonds is 5. The molecule has 0 bridgehead atoms. The fourth-order valence-corrected chi connectivity index (χ4v) is 3.44. The van der Waals surface area contributed by atoms with Crippen molar-refractivity contribution in [3.63, 3.8) is 0 Å². The Morgan fingerprint density at radius 1 is 1.12 bits per heavy atom. The first-order chi connectivity index (χ1) is 7.84. The average Bonchev–Trinajstić information content (AvgIpc) is 2.28. The molecule has 2 atom stereocenters. The molecule has 0 aromatic heterocycles. The third-order valence-corrected chi connectivity index (χ3v) is 5.65. The van der Waals surface area contributed by atoms with Gasteiger partial charge in [0.25, 0.3) is 0 Å². The summed E-state index contributed by atoms with van der Waals surface area (Å²) in [5.74, 6) is 0.124. The predicted molar refractivity (Wildman–Crippen MR) is 71.5 cm³/mol. The van der Waals surface area contributed by atoms with Gasteiger partial charge in [0.15, 0.2) is 9.84 Å². The van der Waals surface area contributed by atoms with E-state index in [9.17, 15) is 8.42 Å². The molecule has 17 heavy (non-hydrogen) atoms. The highest BCUT2D eigenvalue weighted by Crippen LogP contribution is 2.18. The van der Waals surface area contributed by atoms with E-state index in [0.717, 1.165) is 5.56 Å². The molecule has 0 spiro atoms. The summed E-state index contributed by atoms with van der Waals surface area (Å²) in [7, 11) is -3.13. The molecular formula is C13H21NO2S. The van der Waals surface area contributed by atoms with Gasteiger partial charge in [-0.15, -0.1) is 0 Å². The lowest BCUT2D eigenvalue weighted by molar-refractivity contribution is 0.540. The first-order valence-electron chi connectivity index (χ1n) is 5.86. The normalized spacial score (nSPS) is 15.8. The Bertz CT molecular complexity index is 440. The van der Waals surface area contributed by atoms with Crippen molar-refractivity contribution >= 4 is 9.84 Å². The summed E-state index contributed by atoms with van der Waals surface area (Å²) in [5, 5.41) is -0.350. The zero-order chi connectivity index (χ0) is 13.1. The molecule has 1 rings (SSSR count). The molecule has 0 saturated heterocycles. The number of hydrogen-bond acceptors (Lipinski definition) is 3. The first kappa shape index (κ1) is 14.2. The Morgan fingerprint density at radius 2 is 1.65 bits per heavy atom. The Balaban J connectivity index is 2.79. The van der Waals surface area contributed by atoms with E-state index in [1.165, 1.54) is 0 Å². The molecule has 0 radical (unpaired) electrons. The van der Waals surface area contributed by atoms with Gasteiger partial charge in [-0.2, -0.15) is 0 Å². The lowest BCUT2D eigenvalue weighted by Gasteiger charge is -2.19. The third-order valence-electron chi connectivity index (χ3n) is 3.14. The second-order valence-corrected chi connectivity index (χ2v) is 7.20. The minimum absolute atomic E-state index is 0.0103. The fourth-order valence-electron chi connectivity index (χ4n) is 1.61. The van der Waals surface area contributed by atoms with Gasteiger partial charge in [-0.05, 0) is 18.4 Å². The van der Waals surface area contributed by atoms with Gasteiger partial charge in [0, 0.05) is 6.04 Å². The molecule has 0 aliphatic heterocycles. The zero-order valence-electron chi connectivity index (χ0n) is 10.6. The predicted octanol–water partition coefficient (Wildman–Crippen LogP) is 2.15. The summed E-state index contributed by atoms with van der Waals surface area (Å²) in [5.41, 5.74) is 6.81. The van der Waals surface area contributed by atoms with Crippen LogP contribution >= 0.6 is 0 Å². The van der Waals surface area contributed by atoms with Crippen LogP contribution in [0.2, 0.25) is 0 Å². The molecule has 3 nitrogen and oxygen atoms in total. The largest absolute Gasteiger partial charge is 0.323 e. The van der Waals surface area contributed by atoms with Crippen LogP contribution in [0.15, 0.2) is 30.3 Å². The SMILES string of the molecule is CC(C)C(C)S(=O)(=O)CC(N)c1ccccc1. The van der Waals surface area contributed by atoms with Crippen molar-refractivity contribution in [3.8, 4) is 0 Å². The monoisotopic (exact) mass is 255 g/mol. The lowest BCUT2D eigenvalue weighted by Crippen LogP contribution is -2.31. The van der Waals surface area contributed by atoms with Crippen molar-refractivity contribution in [1.29, 1.82) is 0 Å². The first-order valence-corrected chi connectivity index (χ1v) is 7.58. The average molecular weight is 255 g/mol. The molecule has 0 saturated carbocycles. The van der Waals surface area contributed by atoms with Gasteiger partial charge < -0.3 is 5.73 Å². The van der Waals surface area contributed by atoms with Gasteiger partial charge in [-0.3, -0.25) is 0 Å². The van der Waals surface area contributed by atoms with Gasteiger partial charge in [0.2, 0.25) is 0 Å². The number of benzene rings is 1. The molecule has 2 N–H and O–H groups in total. The number of hydrogen-bond donors (Lipinski definition) is 1. The van der Waals surface area contributed by atoms with Crippen LogP contribution in [0.3, 0.4) is 0 Å². The van der Waals surface area contributed by atoms with E-state index in [1.807, 2.05) is 44.2 Å². The highest BCUT2D eigenvalue weighted by molar-refractivity contribution is 7.92.